The molecular formula is C10H19N3O2. The second-order valence-corrected chi connectivity index (χ2v) is 3.87. The van der Waals surface area contributed by atoms with Crippen molar-refractivity contribution in [2.45, 2.75) is 32.2 Å². The summed E-state index contributed by atoms with van der Waals surface area (Å²) in [4.78, 5) is 24.0. The average molecular weight is 213 g/mol. The molecule has 1 unspecified atom stereocenters. The Hall–Kier alpha value is -1.10. The number of nitrogens with one attached hydrogen (secondary N) is 1. The maximum Gasteiger partial charge on any atom is 0.237 e. The van der Waals surface area contributed by atoms with Gasteiger partial charge in [0, 0.05) is 19.0 Å². The van der Waals surface area contributed by atoms with Crippen LogP contribution in [-0.2, 0) is 9.59 Å². The number of nitrogens with two attached hydrogens (primary N) is 1. The molecule has 5 nitrogen and oxygen atoms in total. The first-order valence-corrected chi connectivity index (χ1v) is 5.43. The first-order chi connectivity index (χ1) is 7.13. The summed E-state index contributed by atoms with van der Waals surface area (Å²) in [6, 6.07) is 0.277. The minimum Gasteiger partial charge on any atom is -0.368 e. The van der Waals surface area contributed by atoms with E-state index >= 15 is 0 Å². The van der Waals surface area contributed by atoms with Crippen LogP contribution >= 0.6 is 0 Å². The van der Waals surface area contributed by atoms with Gasteiger partial charge in [0.05, 0.1) is 6.54 Å². The highest BCUT2D eigenvalue weighted by Crippen LogP contribution is 2.10. The molecule has 1 rings (SSSR count). The van der Waals surface area contributed by atoms with Crippen LogP contribution in [0.1, 0.15) is 26.2 Å². The van der Waals surface area contributed by atoms with Crippen molar-refractivity contribution in [3.63, 3.8) is 0 Å². The summed E-state index contributed by atoms with van der Waals surface area (Å²) in [6.45, 7) is 3.40. The fraction of sp³-hybridized carbons (Fsp3) is 0.800. The molecule has 0 radical (unpaired) electrons. The predicted octanol–water partition coefficient (Wildman–Crippen LogP) is -0.538. The van der Waals surface area contributed by atoms with Crippen molar-refractivity contribution in [3.05, 3.63) is 0 Å². The molecule has 1 saturated heterocycles. The van der Waals surface area contributed by atoms with E-state index in [9.17, 15) is 9.59 Å². The van der Waals surface area contributed by atoms with Crippen molar-refractivity contribution in [1.82, 2.24) is 10.2 Å². The molecule has 15 heavy (non-hydrogen) atoms. The van der Waals surface area contributed by atoms with E-state index in [2.05, 4.69) is 5.32 Å². The van der Waals surface area contributed by atoms with Gasteiger partial charge in [-0.2, -0.15) is 0 Å². The highest BCUT2D eigenvalue weighted by molar-refractivity contribution is 5.84. The summed E-state index contributed by atoms with van der Waals surface area (Å²) >= 11 is 0. The van der Waals surface area contributed by atoms with E-state index in [4.69, 9.17) is 5.73 Å². The van der Waals surface area contributed by atoms with Crippen LogP contribution < -0.4 is 11.1 Å². The molecule has 0 aromatic rings. The fourth-order valence-electron chi connectivity index (χ4n) is 1.84. The lowest BCUT2D eigenvalue weighted by Gasteiger charge is -2.21. The Morgan fingerprint density at radius 3 is 2.73 bits per heavy atom. The van der Waals surface area contributed by atoms with Crippen LogP contribution in [-0.4, -0.2) is 42.4 Å². The molecule has 2 amide bonds. The normalized spacial score (nSPS) is 20.2. The molecule has 0 aromatic heterocycles. The first-order valence-electron chi connectivity index (χ1n) is 5.43. The number of rotatable bonds is 5. The molecule has 5 heteroatoms. The molecule has 0 saturated carbocycles. The third kappa shape index (κ3) is 3.87. The zero-order valence-corrected chi connectivity index (χ0v) is 9.16. The molecule has 0 spiro atoms. The number of carbonyl (C=O) groups excluding carboxylic acids is 2. The summed E-state index contributed by atoms with van der Waals surface area (Å²) in [6.07, 6.45) is 2.64. The number of amides is 2. The lowest BCUT2D eigenvalue weighted by molar-refractivity contribution is -0.135. The maximum atomic E-state index is 11.7. The van der Waals surface area contributed by atoms with Gasteiger partial charge in [-0.25, -0.2) is 0 Å². The Balaban J connectivity index is 2.38. The van der Waals surface area contributed by atoms with E-state index in [1.807, 2.05) is 6.92 Å². The molecule has 1 aliphatic heterocycles. The number of primary amides is 1. The van der Waals surface area contributed by atoms with Gasteiger partial charge < -0.3 is 16.0 Å². The van der Waals surface area contributed by atoms with Gasteiger partial charge in [-0.05, 0) is 26.3 Å². The minimum atomic E-state index is -0.454. The monoisotopic (exact) mass is 213 g/mol. The van der Waals surface area contributed by atoms with Gasteiger partial charge in [0.1, 0.15) is 0 Å². The molecule has 1 fully saturated rings. The van der Waals surface area contributed by atoms with Crippen LogP contribution in [0.15, 0.2) is 0 Å². The Morgan fingerprint density at radius 2 is 2.27 bits per heavy atom. The topological polar surface area (TPSA) is 75.4 Å². The van der Waals surface area contributed by atoms with E-state index in [1.54, 1.807) is 0 Å². The second-order valence-electron chi connectivity index (χ2n) is 3.87. The molecular weight excluding hydrogens is 194 g/mol. The number of nitrogens with zero attached hydrogens (tertiary/aromatic N) is 1. The second kappa shape index (κ2) is 5.70. The summed E-state index contributed by atoms with van der Waals surface area (Å²) < 4.78 is 0. The first kappa shape index (κ1) is 12.0. The van der Waals surface area contributed by atoms with Gasteiger partial charge in [0.25, 0.3) is 0 Å². The summed E-state index contributed by atoms with van der Waals surface area (Å²) in [5, 5.41) is 3.26. The van der Waals surface area contributed by atoms with E-state index in [0.29, 0.717) is 13.0 Å². The Kier molecular flexibility index (Phi) is 4.55. The van der Waals surface area contributed by atoms with Crippen molar-refractivity contribution in [2.24, 2.45) is 5.73 Å². The van der Waals surface area contributed by atoms with Gasteiger partial charge in [0.15, 0.2) is 0 Å². The standard InChI is InChI=1S/C10H19N3O2/c1-2-13(7-9(11)14)10(15)6-8-4-3-5-12-8/h8,12H,2-7H2,1H3,(H2,11,14). The molecule has 0 aliphatic carbocycles. The Bertz CT molecular complexity index is 237. The molecule has 0 aromatic carbocycles. The van der Waals surface area contributed by atoms with Crippen LogP contribution in [0.5, 0.6) is 0 Å². The minimum absolute atomic E-state index is 0.00991. The van der Waals surface area contributed by atoms with E-state index in [-0.39, 0.29) is 18.5 Å². The van der Waals surface area contributed by atoms with Crippen molar-refractivity contribution in [3.8, 4) is 0 Å². The highest BCUT2D eigenvalue weighted by atomic mass is 16.2. The molecule has 1 atom stereocenters. The molecule has 1 aliphatic rings. The summed E-state index contributed by atoms with van der Waals surface area (Å²) in [5.74, 6) is -0.444. The summed E-state index contributed by atoms with van der Waals surface area (Å²) in [7, 11) is 0. The van der Waals surface area contributed by atoms with Gasteiger partial charge in [0.2, 0.25) is 11.8 Å². The highest BCUT2D eigenvalue weighted by Gasteiger charge is 2.21. The van der Waals surface area contributed by atoms with Gasteiger partial charge in [-0.15, -0.1) is 0 Å². The Labute approximate surface area is 90.0 Å². The van der Waals surface area contributed by atoms with E-state index < -0.39 is 5.91 Å². The molecule has 1 heterocycles. The summed E-state index contributed by atoms with van der Waals surface area (Å²) in [5.41, 5.74) is 5.07. The fourth-order valence-corrected chi connectivity index (χ4v) is 1.84. The number of carbonyl (C=O) groups is 2. The van der Waals surface area contributed by atoms with E-state index in [1.165, 1.54) is 4.90 Å². The predicted molar refractivity (Wildman–Crippen MR) is 57.1 cm³/mol. The van der Waals surface area contributed by atoms with Gasteiger partial charge in [-0.3, -0.25) is 9.59 Å². The van der Waals surface area contributed by atoms with Crippen molar-refractivity contribution < 1.29 is 9.59 Å². The zero-order valence-electron chi connectivity index (χ0n) is 9.16. The number of hydrogen-bond acceptors (Lipinski definition) is 3. The van der Waals surface area contributed by atoms with Crippen molar-refractivity contribution in [1.29, 1.82) is 0 Å². The van der Waals surface area contributed by atoms with E-state index in [0.717, 1.165) is 19.4 Å². The third-order valence-corrected chi connectivity index (χ3v) is 2.66. The van der Waals surface area contributed by atoms with Crippen LogP contribution in [0.25, 0.3) is 0 Å². The van der Waals surface area contributed by atoms with Crippen molar-refractivity contribution >= 4 is 11.8 Å². The van der Waals surface area contributed by atoms with Crippen LogP contribution in [0.3, 0.4) is 0 Å². The zero-order chi connectivity index (χ0) is 11.3. The number of likely N-dealkylation sites (N-methyl/N-ethyl adjacent to an activating group) is 1. The quantitative estimate of drug-likeness (QED) is 0.644. The average Bonchev–Trinajstić information content (AvgIpc) is 2.66. The lowest BCUT2D eigenvalue weighted by Crippen LogP contribution is -2.40. The van der Waals surface area contributed by atoms with Gasteiger partial charge >= 0.3 is 0 Å². The molecule has 3 N–H and O–H groups in total. The lowest BCUT2D eigenvalue weighted by atomic mass is 10.1. The largest absolute Gasteiger partial charge is 0.368 e. The molecule has 86 valence electrons. The van der Waals surface area contributed by atoms with Crippen molar-refractivity contribution in [2.75, 3.05) is 19.6 Å². The van der Waals surface area contributed by atoms with Crippen LogP contribution in [0.4, 0.5) is 0 Å². The van der Waals surface area contributed by atoms with Crippen LogP contribution in [0, 0.1) is 0 Å². The Morgan fingerprint density at radius 1 is 1.53 bits per heavy atom. The van der Waals surface area contributed by atoms with Crippen LogP contribution in [0.2, 0.25) is 0 Å². The number of hydrogen-bond donors (Lipinski definition) is 2. The SMILES string of the molecule is CCN(CC(N)=O)C(=O)CC1CCCN1. The smallest absolute Gasteiger partial charge is 0.237 e. The third-order valence-electron chi connectivity index (χ3n) is 2.66. The van der Waals surface area contributed by atoms with Gasteiger partial charge in [-0.1, -0.05) is 0 Å². The molecule has 0 bridgehead atoms. The maximum absolute atomic E-state index is 11.7.